The number of aliphatic hydroxyl groups is 1. The van der Waals surface area contributed by atoms with Crippen LogP contribution in [0.5, 0.6) is 0 Å². The van der Waals surface area contributed by atoms with E-state index in [4.69, 9.17) is 0 Å². The van der Waals surface area contributed by atoms with Gasteiger partial charge < -0.3 is 10.4 Å². The Morgan fingerprint density at radius 3 is 2.38 bits per heavy atom. The summed E-state index contributed by atoms with van der Waals surface area (Å²) in [6.07, 6.45) is 3.37. The molecule has 0 atom stereocenters. The predicted octanol–water partition coefficient (Wildman–Crippen LogP) is 1.27. The van der Waals surface area contributed by atoms with Crippen LogP contribution < -0.4 is 5.32 Å². The van der Waals surface area contributed by atoms with Crippen molar-refractivity contribution in [3.8, 4) is 0 Å². The van der Waals surface area contributed by atoms with Gasteiger partial charge in [-0.2, -0.15) is 0 Å². The summed E-state index contributed by atoms with van der Waals surface area (Å²) >= 11 is 0. The Morgan fingerprint density at radius 1 is 1.19 bits per heavy atom. The molecule has 2 rings (SSSR count). The Morgan fingerprint density at radius 2 is 1.81 bits per heavy atom. The van der Waals surface area contributed by atoms with Gasteiger partial charge in [0.2, 0.25) is 5.91 Å². The fourth-order valence-corrected chi connectivity index (χ4v) is 3.97. The Kier molecular flexibility index (Phi) is 5.00. The molecule has 1 aromatic carbocycles. The lowest BCUT2D eigenvalue weighted by molar-refractivity contribution is -0.123. The lowest BCUT2D eigenvalue weighted by Gasteiger charge is -2.27. The van der Waals surface area contributed by atoms with E-state index in [9.17, 15) is 18.3 Å². The SMILES string of the molecule is O=C(CCS(=O)(=O)c1ccccc1)NC1(CO)CCCC1. The minimum atomic E-state index is -3.44. The van der Waals surface area contributed by atoms with Gasteiger partial charge in [0, 0.05) is 6.42 Å². The predicted molar refractivity (Wildman–Crippen MR) is 79.5 cm³/mol. The van der Waals surface area contributed by atoms with Gasteiger partial charge in [0.15, 0.2) is 9.84 Å². The van der Waals surface area contributed by atoms with E-state index in [1.54, 1.807) is 18.2 Å². The molecule has 1 aliphatic rings. The molecule has 1 amide bonds. The molecule has 0 aromatic heterocycles. The van der Waals surface area contributed by atoms with Crippen molar-refractivity contribution in [2.24, 2.45) is 0 Å². The molecule has 0 unspecified atom stereocenters. The van der Waals surface area contributed by atoms with Crippen LogP contribution in [0, 0.1) is 0 Å². The summed E-state index contributed by atoms with van der Waals surface area (Å²) in [4.78, 5) is 12.2. The highest BCUT2D eigenvalue weighted by Gasteiger charge is 2.34. The second-order valence-electron chi connectivity index (χ2n) is 5.58. The molecule has 0 saturated heterocycles. The standard InChI is InChI=1S/C15H21NO4S/c17-12-15(9-4-5-10-15)16-14(18)8-11-21(19,20)13-6-2-1-3-7-13/h1-3,6-7,17H,4-5,8-12H2,(H,16,18). The highest BCUT2D eigenvalue weighted by atomic mass is 32.2. The third-order valence-electron chi connectivity index (χ3n) is 3.97. The van der Waals surface area contributed by atoms with Crippen molar-refractivity contribution in [3.05, 3.63) is 30.3 Å². The quantitative estimate of drug-likeness (QED) is 0.829. The zero-order valence-corrected chi connectivity index (χ0v) is 12.7. The lowest BCUT2D eigenvalue weighted by atomic mass is 9.99. The number of aliphatic hydroxyl groups excluding tert-OH is 1. The maximum Gasteiger partial charge on any atom is 0.221 e. The van der Waals surface area contributed by atoms with Gasteiger partial charge in [-0.05, 0) is 25.0 Å². The summed E-state index contributed by atoms with van der Waals surface area (Å²) in [6.45, 7) is -0.0931. The summed E-state index contributed by atoms with van der Waals surface area (Å²) in [5.41, 5.74) is -0.548. The lowest BCUT2D eigenvalue weighted by Crippen LogP contribution is -2.49. The van der Waals surface area contributed by atoms with E-state index in [-0.39, 0.29) is 29.6 Å². The van der Waals surface area contributed by atoms with Gasteiger partial charge in [-0.15, -0.1) is 0 Å². The molecule has 0 heterocycles. The Bertz CT molecular complexity index is 577. The summed E-state index contributed by atoms with van der Waals surface area (Å²) in [6, 6.07) is 8.12. The molecule has 2 N–H and O–H groups in total. The Balaban J connectivity index is 1.92. The maximum absolute atomic E-state index is 12.1. The van der Waals surface area contributed by atoms with Crippen molar-refractivity contribution in [3.63, 3.8) is 0 Å². The topological polar surface area (TPSA) is 83.5 Å². The molecule has 116 valence electrons. The Hall–Kier alpha value is -1.40. The van der Waals surface area contributed by atoms with Crippen molar-refractivity contribution < 1.29 is 18.3 Å². The third-order valence-corrected chi connectivity index (χ3v) is 5.70. The highest BCUT2D eigenvalue weighted by molar-refractivity contribution is 7.91. The molecule has 0 bridgehead atoms. The molecule has 0 spiro atoms. The van der Waals surface area contributed by atoms with Crippen LogP contribution >= 0.6 is 0 Å². The van der Waals surface area contributed by atoms with Gasteiger partial charge in [0.1, 0.15) is 0 Å². The number of carbonyl (C=O) groups is 1. The molecule has 1 aliphatic carbocycles. The van der Waals surface area contributed by atoms with E-state index in [0.29, 0.717) is 0 Å². The van der Waals surface area contributed by atoms with Crippen LogP contribution in [-0.4, -0.2) is 37.3 Å². The Labute approximate surface area is 125 Å². The van der Waals surface area contributed by atoms with Crippen LogP contribution in [0.4, 0.5) is 0 Å². The van der Waals surface area contributed by atoms with Crippen molar-refractivity contribution in [1.82, 2.24) is 5.32 Å². The molecule has 21 heavy (non-hydrogen) atoms. The van der Waals surface area contributed by atoms with E-state index in [1.807, 2.05) is 0 Å². The first-order valence-electron chi connectivity index (χ1n) is 7.17. The average molecular weight is 311 g/mol. The number of nitrogens with one attached hydrogen (secondary N) is 1. The number of rotatable bonds is 6. The van der Waals surface area contributed by atoms with Crippen LogP contribution in [0.2, 0.25) is 0 Å². The van der Waals surface area contributed by atoms with Gasteiger partial charge in [-0.3, -0.25) is 4.79 Å². The number of amides is 1. The molecule has 1 saturated carbocycles. The van der Waals surface area contributed by atoms with Crippen molar-refractivity contribution in [2.45, 2.75) is 42.5 Å². The second-order valence-corrected chi connectivity index (χ2v) is 7.68. The summed E-state index contributed by atoms with van der Waals surface area (Å²) in [5, 5.41) is 12.3. The molecular formula is C15H21NO4S. The number of sulfone groups is 1. The van der Waals surface area contributed by atoms with Gasteiger partial charge in [-0.1, -0.05) is 31.0 Å². The molecule has 0 aliphatic heterocycles. The first-order chi connectivity index (χ1) is 9.97. The number of benzene rings is 1. The first-order valence-corrected chi connectivity index (χ1v) is 8.82. The molecular weight excluding hydrogens is 290 g/mol. The zero-order valence-electron chi connectivity index (χ0n) is 11.9. The van der Waals surface area contributed by atoms with E-state index in [0.717, 1.165) is 25.7 Å². The smallest absolute Gasteiger partial charge is 0.221 e. The molecule has 6 heteroatoms. The highest BCUT2D eigenvalue weighted by Crippen LogP contribution is 2.29. The first kappa shape index (κ1) is 16.0. The van der Waals surface area contributed by atoms with Gasteiger partial charge in [0.25, 0.3) is 0 Å². The van der Waals surface area contributed by atoms with Crippen LogP contribution in [-0.2, 0) is 14.6 Å². The minimum Gasteiger partial charge on any atom is -0.394 e. The molecule has 1 aromatic rings. The zero-order chi connectivity index (χ0) is 15.3. The van der Waals surface area contributed by atoms with Crippen molar-refractivity contribution in [1.29, 1.82) is 0 Å². The van der Waals surface area contributed by atoms with E-state index >= 15 is 0 Å². The van der Waals surface area contributed by atoms with E-state index in [1.165, 1.54) is 12.1 Å². The van der Waals surface area contributed by atoms with Gasteiger partial charge >= 0.3 is 0 Å². The number of carbonyl (C=O) groups excluding carboxylic acids is 1. The fourth-order valence-electron chi connectivity index (χ4n) is 2.71. The summed E-state index contributed by atoms with van der Waals surface area (Å²) in [5.74, 6) is -0.532. The van der Waals surface area contributed by atoms with Gasteiger partial charge in [-0.25, -0.2) is 8.42 Å². The monoisotopic (exact) mass is 311 g/mol. The van der Waals surface area contributed by atoms with Crippen molar-refractivity contribution in [2.75, 3.05) is 12.4 Å². The fraction of sp³-hybridized carbons (Fsp3) is 0.533. The average Bonchev–Trinajstić information content (AvgIpc) is 2.95. The summed E-state index contributed by atoms with van der Waals surface area (Å²) < 4.78 is 24.2. The second kappa shape index (κ2) is 6.58. The number of hydrogen-bond acceptors (Lipinski definition) is 4. The van der Waals surface area contributed by atoms with Crippen LogP contribution in [0.25, 0.3) is 0 Å². The van der Waals surface area contributed by atoms with Crippen LogP contribution in [0.1, 0.15) is 32.1 Å². The maximum atomic E-state index is 12.1. The van der Waals surface area contributed by atoms with E-state index < -0.39 is 15.4 Å². The van der Waals surface area contributed by atoms with E-state index in [2.05, 4.69) is 5.32 Å². The minimum absolute atomic E-state index is 0.0843. The molecule has 1 fully saturated rings. The van der Waals surface area contributed by atoms with Crippen molar-refractivity contribution >= 4 is 15.7 Å². The van der Waals surface area contributed by atoms with Gasteiger partial charge in [0.05, 0.1) is 22.8 Å². The van der Waals surface area contributed by atoms with Crippen LogP contribution in [0.15, 0.2) is 35.2 Å². The normalized spacial score (nSPS) is 17.6. The molecule has 5 nitrogen and oxygen atoms in total. The molecule has 0 radical (unpaired) electrons. The number of hydrogen-bond donors (Lipinski definition) is 2. The van der Waals surface area contributed by atoms with Crippen LogP contribution in [0.3, 0.4) is 0 Å². The largest absolute Gasteiger partial charge is 0.394 e. The third kappa shape index (κ3) is 4.04. The summed E-state index contributed by atoms with van der Waals surface area (Å²) in [7, 11) is -3.44.